The van der Waals surface area contributed by atoms with Crippen molar-refractivity contribution in [2.75, 3.05) is 33.3 Å². The lowest BCUT2D eigenvalue weighted by Crippen LogP contribution is -2.40. The molecule has 3 rings (SSSR count). The summed E-state index contributed by atoms with van der Waals surface area (Å²) >= 11 is 0. The Hall–Kier alpha value is -1.39. The lowest BCUT2D eigenvalue weighted by Gasteiger charge is -2.31. The number of carbonyl (C=O) groups is 1. The summed E-state index contributed by atoms with van der Waals surface area (Å²) < 4.78 is 6.05. The average molecular weight is 572 g/mol. The van der Waals surface area contributed by atoms with Crippen molar-refractivity contribution in [1.82, 2.24) is 15.5 Å². The van der Waals surface area contributed by atoms with Crippen LogP contribution in [0.3, 0.4) is 0 Å². The van der Waals surface area contributed by atoms with Gasteiger partial charge < -0.3 is 21.1 Å². The van der Waals surface area contributed by atoms with Gasteiger partial charge in [0, 0.05) is 33.2 Å². The maximum Gasteiger partial charge on any atom is 0.221 e. The Kier molecular flexibility index (Phi) is 13.1. The minimum absolute atomic E-state index is 0. The summed E-state index contributed by atoms with van der Waals surface area (Å²) in [5, 5.41) is 6.75. The van der Waals surface area contributed by atoms with Crippen LogP contribution in [0.5, 0.6) is 0 Å². The monoisotopic (exact) mass is 571 g/mol. The molecule has 7 nitrogen and oxygen atoms in total. The molecule has 1 unspecified atom stereocenters. The molecular weight excluding hydrogens is 529 g/mol. The van der Waals surface area contributed by atoms with Crippen molar-refractivity contribution >= 4 is 35.8 Å². The van der Waals surface area contributed by atoms with Crippen molar-refractivity contribution in [2.24, 2.45) is 16.6 Å². The number of aliphatic imine (C=N–C) groups is 1. The molecule has 1 atom stereocenters. The molecule has 1 heterocycles. The van der Waals surface area contributed by atoms with E-state index in [1.54, 1.807) is 7.05 Å². The van der Waals surface area contributed by atoms with E-state index in [-0.39, 0.29) is 35.8 Å². The van der Waals surface area contributed by atoms with E-state index < -0.39 is 0 Å². The highest BCUT2D eigenvalue weighted by Crippen LogP contribution is 2.20. The zero-order chi connectivity index (χ0) is 22.6. The van der Waals surface area contributed by atoms with Crippen molar-refractivity contribution < 1.29 is 9.53 Å². The van der Waals surface area contributed by atoms with Crippen molar-refractivity contribution in [3.05, 3.63) is 35.4 Å². The number of nitrogens with two attached hydrogens (primary N) is 1. The molecule has 8 heteroatoms. The lowest BCUT2D eigenvalue weighted by molar-refractivity contribution is -0.123. The SMILES string of the molecule is CN=C(NCCOC1CCCCCC1)NCc1cccc(CN2CCCC(C(N)=O)C2)c1.I. The molecule has 2 fully saturated rings. The van der Waals surface area contributed by atoms with E-state index in [4.69, 9.17) is 10.5 Å². The Morgan fingerprint density at radius 1 is 1.12 bits per heavy atom. The number of rotatable bonds is 9. The van der Waals surface area contributed by atoms with E-state index in [0.29, 0.717) is 19.3 Å². The highest BCUT2D eigenvalue weighted by molar-refractivity contribution is 14.0. The molecule has 1 aliphatic heterocycles. The van der Waals surface area contributed by atoms with Crippen LogP contribution < -0.4 is 16.4 Å². The number of guanidine groups is 1. The van der Waals surface area contributed by atoms with E-state index in [9.17, 15) is 4.79 Å². The fourth-order valence-corrected chi connectivity index (χ4v) is 4.74. The van der Waals surface area contributed by atoms with Gasteiger partial charge in [-0.15, -0.1) is 24.0 Å². The predicted molar refractivity (Wildman–Crippen MR) is 145 cm³/mol. The summed E-state index contributed by atoms with van der Waals surface area (Å²) in [5.74, 6) is 0.598. The van der Waals surface area contributed by atoms with E-state index in [1.807, 2.05) is 0 Å². The van der Waals surface area contributed by atoms with Crippen LogP contribution in [0.1, 0.15) is 62.5 Å². The van der Waals surface area contributed by atoms with Crippen LogP contribution in [0, 0.1) is 5.92 Å². The molecule has 1 aromatic rings. The molecule has 33 heavy (non-hydrogen) atoms. The summed E-state index contributed by atoms with van der Waals surface area (Å²) in [4.78, 5) is 18.2. The number of primary amides is 1. The van der Waals surface area contributed by atoms with Gasteiger partial charge in [0.05, 0.1) is 18.6 Å². The first-order valence-corrected chi connectivity index (χ1v) is 12.3. The number of ether oxygens (including phenoxy) is 1. The van der Waals surface area contributed by atoms with Crippen LogP contribution in [0.4, 0.5) is 0 Å². The minimum atomic E-state index is -0.175. The zero-order valence-corrected chi connectivity index (χ0v) is 22.4. The first-order valence-electron chi connectivity index (χ1n) is 12.3. The summed E-state index contributed by atoms with van der Waals surface area (Å²) in [7, 11) is 1.80. The molecule has 1 aromatic carbocycles. The zero-order valence-electron chi connectivity index (χ0n) is 20.1. The molecule has 186 valence electrons. The van der Waals surface area contributed by atoms with E-state index in [0.717, 1.165) is 45.0 Å². The molecular formula is C25H42IN5O2. The summed E-state index contributed by atoms with van der Waals surface area (Å²) in [6, 6.07) is 8.60. The molecule has 2 aliphatic rings. The summed E-state index contributed by atoms with van der Waals surface area (Å²) in [6.07, 6.45) is 10.1. The first-order chi connectivity index (χ1) is 15.6. The second-order valence-electron chi connectivity index (χ2n) is 9.13. The Morgan fingerprint density at radius 3 is 2.61 bits per heavy atom. The molecule has 0 bridgehead atoms. The van der Waals surface area contributed by atoms with E-state index >= 15 is 0 Å². The number of carbonyl (C=O) groups excluding carboxylic acids is 1. The largest absolute Gasteiger partial charge is 0.376 e. The van der Waals surface area contributed by atoms with Crippen molar-refractivity contribution in [1.29, 1.82) is 0 Å². The fraction of sp³-hybridized carbons (Fsp3) is 0.680. The van der Waals surface area contributed by atoms with Gasteiger partial charge in [0.2, 0.25) is 5.91 Å². The van der Waals surface area contributed by atoms with Crippen LogP contribution in [0.2, 0.25) is 0 Å². The summed E-state index contributed by atoms with van der Waals surface area (Å²) in [6.45, 7) is 4.81. The van der Waals surface area contributed by atoms with Crippen LogP contribution >= 0.6 is 24.0 Å². The Labute approximate surface area is 216 Å². The van der Waals surface area contributed by atoms with Gasteiger partial charge in [-0.1, -0.05) is 49.9 Å². The first kappa shape index (κ1) is 27.9. The molecule has 1 saturated carbocycles. The highest BCUT2D eigenvalue weighted by atomic mass is 127. The van der Waals surface area contributed by atoms with Crippen LogP contribution in [-0.2, 0) is 22.6 Å². The van der Waals surface area contributed by atoms with Gasteiger partial charge in [-0.2, -0.15) is 0 Å². The van der Waals surface area contributed by atoms with Gasteiger partial charge in [0.25, 0.3) is 0 Å². The second kappa shape index (κ2) is 15.5. The van der Waals surface area contributed by atoms with Gasteiger partial charge in [0.1, 0.15) is 0 Å². The second-order valence-corrected chi connectivity index (χ2v) is 9.13. The van der Waals surface area contributed by atoms with Gasteiger partial charge in [-0.05, 0) is 43.4 Å². The number of nitrogens with one attached hydrogen (secondary N) is 2. The topological polar surface area (TPSA) is 92.0 Å². The number of benzene rings is 1. The van der Waals surface area contributed by atoms with Gasteiger partial charge in [0.15, 0.2) is 5.96 Å². The maximum absolute atomic E-state index is 11.5. The molecule has 1 aliphatic carbocycles. The molecule has 1 amide bonds. The van der Waals surface area contributed by atoms with Crippen LogP contribution in [-0.4, -0.2) is 56.2 Å². The molecule has 1 saturated heterocycles. The molecule has 4 N–H and O–H groups in total. The lowest BCUT2D eigenvalue weighted by atomic mass is 9.97. The Morgan fingerprint density at radius 2 is 1.88 bits per heavy atom. The number of halogens is 1. The number of piperidine rings is 1. The normalized spacial score (nSPS) is 20.5. The smallest absolute Gasteiger partial charge is 0.221 e. The molecule has 0 aromatic heterocycles. The number of hydrogen-bond acceptors (Lipinski definition) is 4. The Bertz CT molecular complexity index is 737. The number of likely N-dealkylation sites (tertiary alicyclic amines) is 1. The molecule has 0 spiro atoms. The number of nitrogens with zero attached hydrogens (tertiary/aromatic N) is 2. The van der Waals surface area contributed by atoms with E-state index in [1.165, 1.54) is 49.7 Å². The predicted octanol–water partition coefficient (Wildman–Crippen LogP) is 3.41. The fourth-order valence-electron chi connectivity index (χ4n) is 4.74. The minimum Gasteiger partial charge on any atom is -0.376 e. The average Bonchev–Trinajstić information content (AvgIpc) is 3.08. The maximum atomic E-state index is 11.5. The van der Waals surface area contributed by atoms with Gasteiger partial charge in [-0.25, -0.2) is 0 Å². The third-order valence-electron chi connectivity index (χ3n) is 6.54. The summed E-state index contributed by atoms with van der Waals surface area (Å²) in [5.41, 5.74) is 7.99. The highest BCUT2D eigenvalue weighted by Gasteiger charge is 2.23. The third kappa shape index (κ3) is 10.2. The van der Waals surface area contributed by atoms with Crippen molar-refractivity contribution in [3.8, 4) is 0 Å². The van der Waals surface area contributed by atoms with Crippen molar-refractivity contribution in [3.63, 3.8) is 0 Å². The van der Waals surface area contributed by atoms with E-state index in [2.05, 4.69) is 44.8 Å². The van der Waals surface area contributed by atoms with Crippen molar-refractivity contribution in [2.45, 2.75) is 70.6 Å². The third-order valence-corrected chi connectivity index (χ3v) is 6.54. The Balaban J connectivity index is 0.00000385. The standard InChI is InChI=1S/C25H41N5O2.HI/c1-27-25(28-13-15-32-23-11-4-2-3-5-12-23)29-17-20-8-6-9-21(16-20)18-30-14-7-10-22(19-30)24(26)31;/h6,8-9,16,22-23H,2-5,7,10-15,17-19H2,1H3,(H2,26,31)(H2,27,28,29);1H. The molecule has 0 radical (unpaired) electrons. The van der Waals surface area contributed by atoms with Gasteiger partial charge in [-0.3, -0.25) is 14.7 Å². The number of amides is 1. The quantitative estimate of drug-likeness (QED) is 0.139. The van der Waals surface area contributed by atoms with Gasteiger partial charge >= 0.3 is 0 Å². The van der Waals surface area contributed by atoms with Crippen LogP contribution in [0.15, 0.2) is 29.3 Å². The number of hydrogen-bond donors (Lipinski definition) is 3. The van der Waals surface area contributed by atoms with Crippen LogP contribution in [0.25, 0.3) is 0 Å².